The van der Waals surface area contributed by atoms with Gasteiger partial charge in [0.1, 0.15) is 23.9 Å². The topological polar surface area (TPSA) is 76.1 Å². The molecule has 1 N–H and O–H groups in total. The van der Waals surface area contributed by atoms with Crippen molar-refractivity contribution in [3.05, 3.63) is 35.4 Å². The van der Waals surface area contributed by atoms with Gasteiger partial charge in [0.2, 0.25) is 0 Å². The molecule has 142 valence electrons. The minimum Gasteiger partial charge on any atom is -0.460 e. The fraction of sp³-hybridized carbons (Fsp3) is 0.600. The largest absolute Gasteiger partial charge is 0.460 e. The summed E-state index contributed by atoms with van der Waals surface area (Å²) in [6.07, 6.45) is -1.53. The van der Waals surface area contributed by atoms with E-state index in [4.69, 9.17) is 9.47 Å². The number of esters is 1. The molecule has 2 aliphatic rings. The van der Waals surface area contributed by atoms with Crippen molar-refractivity contribution in [3.8, 4) is 0 Å². The van der Waals surface area contributed by atoms with Crippen molar-refractivity contribution in [1.82, 2.24) is 4.90 Å². The van der Waals surface area contributed by atoms with Gasteiger partial charge in [-0.3, -0.25) is 9.69 Å². The van der Waals surface area contributed by atoms with Gasteiger partial charge in [-0.25, -0.2) is 4.79 Å². The fourth-order valence-electron chi connectivity index (χ4n) is 3.73. The van der Waals surface area contributed by atoms with Crippen molar-refractivity contribution in [1.29, 1.82) is 0 Å². The Morgan fingerprint density at radius 1 is 1.19 bits per heavy atom. The van der Waals surface area contributed by atoms with E-state index in [0.29, 0.717) is 6.42 Å². The molecule has 26 heavy (non-hydrogen) atoms. The van der Waals surface area contributed by atoms with Gasteiger partial charge in [-0.15, -0.1) is 0 Å². The van der Waals surface area contributed by atoms with Crippen LogP contribution in [0.3, 0.4) is 0 Å². The number of nitrogens with zero attached hydrogens (tertiary/aromatic N) is 1. The van der Waals surface area contributed by atoms with E-state index in [1.165, 1.54) is 0 Å². The van der Waals surface area contributed by atoms with Gasteiger partial charge in [-0.2, -0.15) is 0 Å². The zero-order chi connectivity index (χ0) is 19.2. The Morgan fingerprint density at radius 3 is 2.38 bits per heavy atom. The fourth-order valence-corrected chi connectivity index (χ4v) is 3.73. The second kappa shape index (κ2) is 6.58. The molecule has 2 heterocycles. The molecule has 0 spiro atoms. The number of carbonyl (C=O) groups excluding carboxylic acids is 2. The van der Waals surface area contributed by atoms with E-state index in [1.807, 2.05) is 24.3 Å². The standard InChI is InChI=1S/C20H27NO5/c1-11(2)18(23)25-15-10-14-12-8-6-7-9-13(12)17(22)16(15)21(14)19(24)26-20(3,4)5/h6-9,11,14-17,22H,10H2,1-5H3/t14?,15-,16?,17+/m1/s1. The molecule has 3 rings (SSSR count). The third-order valence-corrected chi connectivity index (χ3v) is 4.83. The zero-order valence-corrected chi connectivity index (χ0v) is 15.9. The number of fused-ring (bicyclic) bond motifs is 4. The highest BCUT2D eigenvalue weighted by atomic mass is 16.6. The molecule has 2 unspecified atom stereocenters. The summed E-state index contributed by atoms with van der Waals surface area (Å²) in [5, 5.41) is 10.9. The Bertz CT molecular complexity index is 708. The van der Waals surface area contributed by atoms with Crippen LogP contribution in [0.25, 0.3) is 0 Å². The lowest BCUT2D eigenvalue weighted by Gasteiger charge is -2.40. The van der Waals surface area contributed by atoms with Crippen LogP contribution in [0, 0.1) is 5.92 Å². The molecule has 1 amide bonds. The van der Waals surface area contributed by atoms with Crippen molar-refractivity contribution in [3.63, 3.8) is 0 Å². The third-order valence-electron chi connectivity index (χ3n) is 4.83. The molecule has 6 nitrogen and oxygen atoms in total. The van der Waals surface area contributed by atoms with Crippen LogP contribution in [-0.2, 0) is 14.3 Å². The number of hydrogen-bond acceptors (Lipinski definition) is 5. The van der Waals surface area contributed by atoms with Crippen molar-refractivity contribution in [2.24, 2.45) is 5.92 Å². The average molecular weight is 361 g/mol. The van der Waals surface area contributed by atoms with Crippen molar-refractivity contribution in [2.75, 3.05) is 0 Å². The first-order chi connectivity index (χ1) is 12.1. The van der Waals surface area contributed by atoms with Crippen LogP contribution in [0.4, 0.5) is 4.79 Å². The van der Waals surface area contributed by atoms with Gasteiger partial charge in [-0.1, -0.05) is 38.1 Å². The zero-order valence-electron chi connectivity index (χ0n) is 15.9. The van der Waals surface area contributed by atoms with Gasteiger partial charge in [0.05, 0.1) is 12.0 Å². The van der Waals surface area contributed by atoms with E-state index in [9.17, 15) is 14.7 Å². The number of hydrogen-bond donors (Lipinski definition) is 1. The SMILES string of the molecule is CC(C)C(=O)O[C@@H]1CC2c3ccccc3[C@H](O)C1N2C(=O)OC(C)(C)C. The third kappa shape index (κ3) is 3.30. The molecule has 1 aromatic rings. The van der Waals surface area contributed by atoms with Crippen LogP contribution in [0.1, 0.15) is 64.3 Å². The molecular formula is C20H27NO5. The summed E-state index contributed by atoms with van der Waals surface area (Å²) in [6, 6.07) is 6.58. The number of carbonyl (C=O) groups is 2. The quantitative estimate of drug-likeness (QED) is 0.818. The van der Waals surface area contributed by atoms with Crippen LogP contribution in [0.15, 0.2) is 24.3 Å². The van der Waals surface area contributed by atoms with Crippen molar-refractivity contribution >= 4 is 12.1 Å². The number of benzene rings is 1. The molecule has 0 aromatic heterocycles. The van der Waals surface area contributed by atoms with Gasteiger partial charge < -0.3 is 14.6 Å². The van der Waals surface area contributed by atoms with E-state index >= 15 is 0 Å². The van der Waals surface area contributed by atoms with E-state index in [2.05, 4.69) is 0 Å². The Labute approximate surface area is 154 Å². The molecule has 4 atom stereocenters. The van der Waals surface area contributed by atoms with Gasteiger partial charge >= 0.3 is 12.1 Å². The van der Waals surface area contributed by atoms with Crippen molar-refractivity contribution < 1.29 is 24.2 Å². The van der Waals surface area contributed by atoms with Gasteiger partial charge in [0, 0.05) is 6.42 Å². The molecule has 1 fully saturated rings. The highest BCUT2D eigenvalue weighted by molar-refractivity contribution is 5.73. The molecule has 0 radical (unpaired) electrons. The minimum absolute atomic E-state index is 0.273. The summed E-state index contributed by atoms with van der Waals surface area (Å²) in [7, 11) is 0. The van der Waals surface area contributed by atoms with Gasteiger partial charge in [-0.05, 0) is 31.9 Å². The molecule has 2 aliphatic heterocycles. The van der Waals surface area contributed by atoms with E-state index in [0.717, 1.165) is 11.1 Å². The molecule has 2 bridgehead atoms. The predicted molar refractivity (Wildman–Crippen MR) is 95.3 cm³/mol. The summed E-state index contributed by atoms with van der Waals surface area (Å²) in [5.74, 6) is -0.604. The van der Waals surface area contributed by atoms with Crippen LogP contribution in [-0.4, -0.2) is 39.8 Å². The Morgan fingerprint density at radius 2 is 1.81 bits per heavy atom. The number of amides is 1. The molecule has 0 saturated carbocycles. The predicted octanol–water partition coefficient (Wildman–Crippen LogP) is 3.35. The Balaban J connectivity index is 1.97. The van der Waals surface area contributed by atoms with E-state index in [-0.39, 0.29) is 17.9 Å². The first kappa shape index (κ1) is 18.7. The summed E-state index contributed by atoms with van der Waals surface area (Å²) >= 11 is 0. The monoisotopic (exact) mass is 361 g/mol. The normalized spacial score (nSPS) is 27.3. The molecule has 6 heteroatoms. The lowest BCUT2D eigenvalue weighted by molar-refractivity contribution is -0.156. The lowest BCUT2D eigenvalue weighted by atomic mass is 9.91. The number of rotatable bonds is 2. The second-order valence-electron chi connectivity index (χ2n) is 8.33. The minimum atomic E-state index is -0.928. The summed E-state index contributed by atoms with van der Waals surface area (Å²) in [5.41, 5.74) is 1.01. The van der Waals surface area contributed by atoms with E-state index < -0.39 is 29.9 Å². The number of aliphatic hydroxyl groups is 1. The average Bonchev–Trinajstić information content (AvgIpc) is 2.86. The second-order valence-corrected chi connectivity index (χ2v) is 8.33. The first-order valence-corrected chi connectivity index (χ1v) is 9.09. The maximum Gasteiger partial charge on any atom is 0.411 e. The smallest absolute Gasteiger partial charge is 0.411 e. The maximum atomic E-state index is 12.8. The van der Waals surface area contributed by atoms with Crippen LogP contribution < -0.4 is 0 Å². The maximum absolute atomic E-state index is 12.8. The van der Waals surface area contributed by atoms with E-state index in [1.54, 1.807) is 39.5 Å². The van der Waals surface area contributed by atoms with Crippen LogP contribution >= 0.6 is 0 Å². The van der Waals surface area contributed by atoms with Crippen molar-refractivity contribution in [2.45, 2.75) is 70.9 Å². The highest BCUT2D eigenvalue weighted by Crippen LogP contribution is 2.49. The summed E-state index contributed by atoms with van der Waals surface area (Å²) in [4.78, 5) is 26.5. The van der Waals surface area contributed by atoms with Gasteiger partial charge in [0.25, 0.3) is 0 Å². The first-order valence-electron chi connectivity index (χ1n) is 9.09. The number of aliphatic hydroxyl groups excluding tert-OH is 1. The Hall–Kier alpha value is -2.08. The Kier molecular flexibility index (Phi) is 4.73. The highest BCUT2D eigenvalue weighted by Gasteiger charge is 2.55. The molecular weight excluding hydrogens is 334 g/mol. The van der Waals surface area contributed by atoms with Gasteiger partial charge in [0.15, 0.2) is 0 Å². The molecule has 0 aliphatic carbocycles. The lowest BCUT2D eigenvalue weighted by Crippen LogP contribution is -2.49. The summed E-state index contributed by atoms with van der Waals surface area (Å²) in [6.45, 7) is 8.94. The van der Waals surface area contributed by atoms with Crippen LogP contribution in [0.5, 0.6) is 0 Å². The summed E-state index contributed by atoms with van der Waals surface area (Å²) < 4.78 is 11.2. The molecule has 1 saturated heterocycles. The molecule has 1 aromatic carbocycles. The van der Waals surface area contributed by atoms with Crippen LogP contribution in [0.2, 0.25) is 0 Å². The number of ether oxygens (including phenoxy) is 2.